The van der Waals surface area contributed by atoms with E-state index in [1.165, 1.54) is 10.5 Å². The zero-order valence-corrected chi connectivity index (χ0v) is 9.25. The summed E-state index contributed by atoms with van der Waals surface area (Å²) in [6, 6.07) is 0. The first-order valence-electron chi connectivity index (χ1n) is 4.60. The molecule has 1 N–H and O–H groups in total. The molecule has 2 aliphatic rings. The molecule has 2 unspecified atom stereocenters. The number of nitrogens with one attached hydrogen (secondary N) is 1. The second kappa shape index (κ2) is 4.22. The highest BCUT2D eigenvalue weighted by Gasteiger charge is 2.31. The Kier molecular flexibility index (Phi) is 3.19. The van der Waals surface area contributed by atoms with Gasteiger partial charge < -0.3 is 10.1 Å². The van der Waals surface area contributed by atoms with E-state index in [0.717, 1.165) is 26.0 Å². The largest absolute Gasteiger partial charge is 0.372 e. The topological polar surface area (TPSA) is 21.3 Å². The summed E-state index contributed by atoms with van der Waals surface area (Å²) < 4.78 is 5.93. The highest BCUT2D eigenvalue weighted by molar-refractivity contribution is 8.05. The maximum Gasteiger partial charge on any atom is 0.0920 e. The van der Waals surface area contributed by atoms with Crippen molar-refractivity contribution in [3.63, 3.8) is 0 Å². The van der Waals surface area contributed by atoms with E-state index in [0.29, 0.717) is 0 Å². The molecule has 0 aromatic heterocycles. The van der Waals surface area contributed by atoms with Gasteiger partial charge >= 0.3 is 0 Å². The van der Waals surface area contributed by atoms with Gasteiger partial charge in [-0.05, 0) is 23.9 Å². The normalized spacial score (nSPS) is 33.7. The van der Waals surface area contributed by atoms with Gasteiger partial charge in [0.05, 0.1) is 17.4 Å². The maximum atomic E-state index is 6.10. The zero-order valence-electron chi connectivity index (χ0n) is 7.68. The van der Waals surface area contributed by atoms with Crippen molar-refractivity contribution in [1.29, 1.82) is 0 Å². The van der Waals surface area contributed by atoms with Crippen LogP contribution in [0.15, 0.2) is 10.5 Å². The van der Waals surface area contributed by atoms with Gasteiger partial charge in [0.25, 0.3) is 0 Å². The van der Waals surface area contributed by atoms with Crippen LogP contribution in [0.3, 0.4) is 0 Å². The molecule has 0 aliphatic carbocycles. The van der Waals surface area contributed by atoms with Gasteiger partial charge in [-0.3, -0.25) is 0 Å². The summed E-state index contributed by atoms with van der Waals surface area (Å²) in [5.41, 5.74) is 1.44. The fourth-order valence-electron chi connectivity index (χ4n) is 1.85. The lowest BCUT2D eigenvalue weighted by atomic mass is 10.0. The highest BCUT2D eigenvalue weighted by atomic mass is 35.5. The van der Waals surface area contributed by atoms with Gasteiger partial charge in [0.2, 0.25) is 0 Å². The van der Waals surface area contributed by atoms with E-state index in [1.807, 2.05) is 18.8 Å². The van der Waals surface area contributed by atoms with Crippen LogP contribution in [-0.2, 0) is 4.74 Å². The molecule has 2 aliphatic heterocycles. The van der Waals surface area contributed by atoms with E-state index in [2.05, 4.69) is 5.32 Å². The quantitative estimate of drug-likeness (QED) is 0.718. The van der Waals surface area contributed by atoms with Crippen LogP contribution in [0.4, 0.5) is 0 Å². The first-order valence-corrected chi connectivity index (χ1v) is 5.91. The molecule has 2 nitrogen and oxygen atoms in total. The Balaban J connectivity index is 2.09. The molecule has 74 valence electrons. The molecular weight excluding hydrogens is 206 g/mol. The average Bonchev–Trinajstić information content (AvgIpc) is 2.47. The van der Waals surface area contributed by atoms with Gasteiger partial charge in [0.15, 0.2) is 0 Å². The van der Waals surface area contributed by atoms with Crippen LogP contribution in [0.2, 0.25) is 0 Å². The first kappa shape index (κ1) is 9.84. The Morgan fingerprint density at radius 2 is 2.54 bits per heavy atom. The number of hydrogen-bond donors (Lipinski definition) is 1. The fraction of sp³-hybridized carbons (Fsp3) is 0.778. The highest BCUT2D eigenvalue weighted by Crippen LogP contribution is 2.45. The fourth-order valence-corrected chi connectivity index (χ4v) is 3.48. The Hall–Kier alpha value is 0.300. The molecule has 0 spiro atoms. The monoisotopic (exact) mass is 219 g/mol. The van der Waals surface area contributed by atoms with Gasteiger partial charge in [0.1, 0.15) is 0 Å². The third kappa shape index (κ3) is 2.04. The second-order valence-corrected chi connectivity index (χ2v) is 5.43. The van der Waals surface area contributed by atoms with Gasteiger partial charge in [-0.15, -0.1) is 23.4 Å². The number of ether oxygens (including phenoxy) is 1. The van der Waals surface area contributed by atoms with Crippen LogP contribution in [0.25, 0.3) is 0 Å². The number of alkyl halides is 1. The summed E-state index contributed by atoms with van der Waals surface area (Å²) in [7, 11) is 1.96. The minimum Gasteiger partial charge on any atom is -0.372 e. The Morgan fingerprint density at radius 3 is 3.31 bits per heavy atom. The Labute approximate surface area is 88.0 Å². The van der Waals surface area contributed by atoms with Crippen molar-refractivity contribution in [1.82, 2.24) is 5.32 Å². The number of likely N-dealkylation sites (N-methyl/N-ethyl adjacent to an activating group) is 1. The maximum absolute atomic E-state index is 6.10. The summed E-state index contributed by atoms with van der Waals surface area (Å²) in [6.07, 6.45) is 2.32. The molecule has 0 radical (unpaired) electrons. The molecule has 0 saturated heterocycles. The van der Waals surface area contributed by atoms with E-state index in [-0.39, 0.29) is 10.8 Å². The number of hydrogen-bond acceptors (Lipinski definition) is 3. The van der Waals surface area contributed by atoms with Gasteiger partial charge in [0, 0.05) is 13.0 Å². The molecule has 0 aromatic rings. The van der Waals surface area contributed by atoms with Crippen LogP contribution in [0.1, 0.15) is 12.8 Å². The van der Waals surface area contributed by atoms with Crippen LogP contribution in [0, 0.1) is 0 Å². The summed E-state index contributed by atoms with van der Waals surface area (Å²) in [6.45, 7) is 1.75. The third-order valence-electron chi connectivity index (χ3n) is 2.44. The number of rotatable bonds is 2. The molecular formula is C9H14ClNOS. The van der Waals surface area contributed by atoms with Crippen molar-refractivity contribution < 1.29 is 4.74 Å². The predicted molar refractivity (Wildman–Crippen MR) is 57.2 cm³/mol. The summed E-state index contributed by atoms with van der Waals surface area (Å²) in [5.74, 6) is 0. The van der Waals surface area contributed by atoms with Gasteiger partial charge in [-0.1, -0.05) is 0 Å². The van der Waals surface area contributed by atoms with Crippen LogP contribution in [-0.4, -0.2) is 31.0 Å². The summed E-state index contributed by atoms with van der Waals surface area (Å²) in [4.78, 5) is 1.48. The lowest BCUT2D eigenvalue weighted by Crippen LogP contribution is -2.31. The molecule has 2 heterocycles. The van der Waals surface area contributed by atoms with Gasteiger partial charge in [-0.25, -0.2) is 0 Å². The van der Waals surface area contributed by atoms with E-state index >= 15 is 0 Å². The zero-order chi connectivity index (χ0) is 9.26. The van der Waals surface area contributed by atoms with Crippen molar-refractivity contribution in [2.75, 3.05) is 20.2 Å². The lowest BCUT2D eigenvalue weighted by molar-refractivity contribution is 0.0695. The second-order valence-electron chi connectivity index (χ2n) is 3.35. The molecule has 2 rings (SSSR count). The van der Waals surface area contributed by atoms with Crippen molar-refractivity contribution >= 4 is 23.4 Å². The Bertz CT molecular complexity index is 232. The van der Waals surface area contributed by atoms with Crippen molar-refractivity contribution in [3.05, 3.63) is 10.5 Å². The minimum atomic E-state index is 0.242. The molecule has 0 amide bonds. The van der Waals surface area contributed by atoms with Crippen molar-refractivity contribution in [2.45, 2.75) is 23.7 Å². The van der Waals surface area contributed by atoms with E-state index in [1.54, 1.807) is 0 Å². The minimum absolute atomic E-state index is 0.242. The molecule has 0 fully saturated rings. The van der Waals surface area contributed by atoms with Gasteiger partial charge in [-0.2, -0.15) is 0 Å². The number of thioether (sulfide) groups is 1. The van der Waals surface area contributed by atoms with E-state index in [9.17, 15) is 0 Å². The smallest absolute Gasteiger partial charge is 0.0920 e. The third-order valence-corrected chi connectivity index (χ3v) is 4.03. The SMILES string of the molecule is CNCC1OCCC2=C1CC(Cl)S2. The average molecular weight is 220 g/mol. The van der Waals surface area contributed by atoms with E-state index in [4.69, 9.17) is 16.3 Å². The lowest BCUT2D eigenvalue weighted by Gasteiger charge is -2.24. The molecule has 0 aromatic carbocycles. The van der Waals surface area contributed by atoms with Crippen molar-refractivity contribution in [3.8, 4) is 0 Å². The van der Waals surface area contributed by atoms with E-state index < -0.39 is 0 Å². The first-order chi connectivity index (χ1) is 6.31. The van der Waals surface area contributed by atoms with Crippen LogP contribution < -0.4 is 5.32 Å². The number of halogens is 1. The van der Waals surface area contributed by atoms with Crippen LogP contribution in [0.5, 0.6) is 0 Å². The Morgan fingerprint density at radius 1 is 1.69 bits per heavy atom. The molecule has 13 heavy (non-hydrogen) atoms. The van der Waals surface area contributed by atoms with Crippen LogP contribution >= 0.6 is 23.4 Å². The standard InChI is InChI=1S/C9H14ClNOS/c1-11-5-7-6-4-9(10)13-8(6)2-3-12-7/h7,9,11H,2-5H2,1H3. The summed E-state index contributed by atoms with van der Waals surface area (Å²) >= 11 is 7.91. The van der Waals surface area contributed by atoms with Crippen molar-refractivity contribution in [2.24, 2.45) is 0 Å². The molecule has 4 heteroatoms. The molecule has 0 saturated carbocycles. The summed E-state index contributed by atoms with van der Waals surface area (Å²) in [5, 5.41) is 3.15. The predicted octanol–water partition coefficient (Wildman–Crippen LogP) is 1.95. The molecule has 2 atom stereocenters. The molecule has 0 bridgehead atoms.